The number of amides is 1. The van der Waals surface area contributed by atoms with Gasteiger partial charge in [-0.1, -0.05) is 0 Å². The summed E-state index contributed by atoms with van der Waals surface area (Å²) in [5.74, 6) is 0.106. The van der Waals surface area contributed by atoms with Crippen LogP contribution in [0.4, 0.5) is 0 Å². The monoisotopic (exact) mass is 256 g/mol. The van der Waals surface area contributed by atoms with Gasteiger partial charge in [-0.3, -0.25) is 14.9 Å². The number of nitrogens with one attached hydrogen (secondary N) is 1. The molecule has 0 fully saturated rings. The van der Waals surface area contributed by atoms with Crippen molar-refractivity contribution in [1.82, 2.24) is 20.1 Å². The average Bonchev–Trinajstić information content (AvgIpc) is 2.81. The summed E-state index contributed by atoms with van der Waals surface area (Å²) in [6.45, 7) is 5.01. The predicted molar refractivity (Wildman–Crippen MR) is 71.4 cm³/mol. The third-order valence-corrected chi connectivity index (χ3v) is 3.54. The standard InChI is InChI=1S/C14H16N4O/c1-9-3-5-15-13(7-9)14-11-8-18(10(2)19)6-4-12(11)16-17-14/h3,5,7H,4,6,8H2,1-2H3,(H,16,17). The van der Waals surface area contributed by atoms with Crippen LogP contribution in [0.25, 0.3) is 11.4 Å². The van der Waals surface area contributed by atoms with Crippen LogP contribution in [0.2, 0.25) is 0 Å². The van der Waals surface area contributed by atoms with Crippen molar-refractivity contribution in [1.29, 1.82) is 0 Å². The van der Waals surface area contributed by atoms with Gasteiger partial charge < -0.3 is 4.90 Å². The minimum Gasteiger partial charge on any atom is -0.338 e. The van der Waals surface area contributed by atoms with Gasteiger partial charge in [-0.2, -0.15) is 5.10 Å². The number of aromatic amines is 1. The van der Waals surface area contributed by atoms with Crippen LogP contribution < -0.4 is 0 Å². The summed E-state index contributed by atoms with van der Waals surface area (Å²) in [6, 6.07) is 3.98. The highest BCUT2D eigenvalue weighted by molar-refractivity contribution is 5.74. The number of fused-ring (bicyclic) bond motifs is 1. The molecule has 1 aliphatic heterocycles. The van der Waals surface area contributed by atoms with Crippen LogP contribution in [0, 0.1) is 6.92 Å². The highest BCUT2D eigenvalue weighted by Crippen LogP contribution is 2.27. The van der Waals surface area contributed by atoms with E-state index >= 15 is 0 Å². The van der Waals surface area contributed by atoms with Gasteiger partial charge in [0, 0.05) is 43.9 Å². The summed E-state index contributed by atoms with van der Waals surface area (Å²) in [6.07, 6.45) is 2.62. The molecular formula is C14H16N4O. The highest BCUT2D eigenvalue weighted by Gasteiger charge is 2.24. The molecule has 0 aromatic carbocycles. The number of hydrogen-bond acceptors (Lipinski definition) is 3. The van der Waals surface area contributed by atoms with Crippen molar-refractivity contribution in [3.63, 3.8) is 0 Å². The average molecular weight is 256 g/mol. The number of rotatable bonds is 1. The van der Waals surface area contributed by atoms with E-state index in [2.05, 4.69) is 15.2 Å². The number of carbonyl (C=O) groups is 1. The fourth-order valence-electron chi connectivity index (χ4n) is 2.44. The zero-order valence-electron chi connectivity index (χ0n) is 11.1. The van der Waals surface area contributed by atoms with E-state index in [1.165, 1.54) is 0 Å². The lowest BCUT2D eigenvalue weighted by Gasteiger charge is -2.25. The number of carbonyl (C=O) groups excluding carboxylic acids is 1. The van der Waals surface area contributed by atoms with Crippen molar-refractivity contribution in [3.8, 4) is 11.4 Å². The van der Waals surface area contributed by atoms with E-state index in [1.807, 2.05) is 24.0 Å². The maximum Gasteiger partial charge on any atom is 0.219 e. The molecule has 0 aliphatic carbocycles. The molecule has 1 amide bonds. The number of hydrogen-bond donors (Lipinski definition) is 1. The first-order chi connectivity index (χ1) is 9.15. The van der Waals surface area contributed by atoms with Crippen molar-refractivity contribution >= 4 is 5.91 Å². The van der Waals surface area contributed by atoms with E-state index in [0.717, 1.165) is 41.2 Å². The molecule has 0 unspecified atom stereocenters. The van der Waals surface area contributed by atoms with Crippen LogP contribution in [0.5, 0.6) is 0 Å². The Morgan fingerprint density at radius 2 is 2.32 bits per heavy atom. The van der Waals surface area contributed by atoms with Gasteiger partial charge in [-0.25, -0.2) is 0 Å². The lowest BCUT2D eigenvalue weighted by Crippen LogP contribution is -2.34. The SMILES string of the molecule is CC(=O)N1CCc2[nH]nc(-c3cc(C)ccn3)c2C1. The smallest absolute Gasteiger partial charge is 0.219 e. The number of pyridine rings is 1. The largest absolute Gasteiger partial charge is 0.338 e. The van der Waals surface area contributed by atoms with Gasteiger partial charge in [0.05, 0.1) is 5.69 Å². The molecular weight excluding hydrogens is 240 g/mol. The lowest BCUT2D eigenvalue weighted by atomic mass is 10.0. The Balaban J connectivity index is 2.01. The van der Waals surface area contributed by atoms with Crippen LogP contribution in [-0.2, 0) is 17.8 Å². The van der Waals surface area contributed by atoms with E-state index in [0.29, 0.717) is 6.54 Å². The Kier molecular flexibility index (Phi) is 2.81. The van der Waals surface area contributed by atoms with E-state index in [1.54, 1.807) is 13.1 Å². The first-order valence-electron chi connectivity index (χ1n) is 6.40. The van der Waals surface area contributed by atoms with Gasteiger partial charge in [-0.15, -0.1) is 0 Å². The number of aromatic nitrogens is 3. The molecule has 3 heterocycles. The molecule has 1 N–H and O–H groups in total. The van der Waals surface area contributed by atoms with Crippen molar-refractivity contribution in [2.75, 3.05) is 6.54 Å². The normalized spacial score (nSPS) is 14.3. The zero-order chi connectivity index (χ0) is 13.4. The Hall–Kier alpha value is -2.17. The van der Waals surface area contributed by atoms with Crippen LogP contribution in [0.1, 0.15) is 23.7 Å². The maximum atomic E-state index is 11.5. The fraction of sp³-hybridized carbons (Fsp3) is 0.357. The lowest BCUT2D eigenvalue weighted by molar-refractivity contribution is -0.129. The number of nitrogens with zero attached hydrogens (tertiary/aromatic N) is 3. The molecule has 0 spiro atoms. The zero-order valence-corrected chi connectivity index (χ0v) is 11.1. The molecule has 98 valence electrons. The van der Waals surface area contributed by atoms with Crippen LogP contribution >= 0.6 is 0 Å². The van der Waals surface area contributed by atoms with Gasteiger partial charge in [-0.05, 0) is 24.6 Å². The van der Waals surface area contributed by atoms with Gasteiger partial charge >= 0.3 is 0 Å². The van der Waals surface area contributed by atoms with E-state index in [9.17, 15) is 4.79 Å². The minimum absolute atomic E-state index is 0.106. The second-order valence-corrected chi connectivity index (χ2v) is 4.94. The molecule has 2 aromatic rings. The van der Waals surface area contributed by atoms with Gasteiger partial charge in [0.1, 0.15) is 5.69 Å². The Morgan fingerprint density at radius 1 is 1.47 bits per heavy atom. The Morgan fingerprint density at radius 3 is 3.05 bits per heavy atom. The van der Waals surface area contributed by atoms with Crippen LogP contribution in [-0.4, -0.2) is 32.5 Å². The summed E-state index contributed by atoms with van der Waals surface area (Å²) in [5, 5.41) is 7.45. The summed E-state index contributed by atoms with van der Waals surface area (Å²) >= 11 is 0. The topological polar surface area (TPSA) is 61.9 Å². The molecule has 5 heteroatoms. The molecule has 5 nitrogen and oxygen atoms in total. The van der Waals surface area contributed by atoms with E-state index in [4.69, 9.17) is 0 Å². The molecule has 1 aliphatic rings. The van der Waals surface area contributed by atoms with E-state index < -0.39 is 0 Å². The molecule has 2 aromatic heterocycles. The quantitative estimate of drug-likeness (QED) is 0.844. The molecule has 19 heavy (non-hydrogen) atoms. The van der Waals surface area contributed by atoms with Gasteiger partial charge in [0.2, 0.25) is 5.91 Å². The third-order valence-electron chi connectivity index (χ3n) is 3.54. The second kappa shape index (κ2) is 4.50. The molecule has 0 atom stereocenters. The van der Waals surface area contributed by atoms with Crippen molar-refractivity contribution < 1.29 is 4.79 Å². The van der Waals surface area contributed by atoms with Gasteiger partial charge in [0.25, 0.3) is 0 Å². The second-order valence-electron chi connectivity index (χ2n) is 4.94. The predicted octanol–water partition coefficient (Wildman–Crippen LogP) is 1.68. The third kappa shape index (κ3) is 2.12. The van der Waals surface area contributed by atoms with Crippen molar-refractivity contribution in [3.05, 3.63) is 35.2 Å². The molecule has 3 rings (SSSR count). The summed E-state index contributed by atoms with van der Waals surface area (Å²) in [4.78, 5) is 17.7. The molecule has 0 saturated carbocycles. The number of aryl methyl sites for hydroxylation is 1. The van der Waals surface area contributed by atoms with Crippen molar-refractivity contribution in [2.45, 2.75) is 26.8 Å². The molecule has 0 radical (unpaired) electrons. The number of H-pyrrole nitrogens is 1. The molecule has 0 saturated heterocycles. The summed E-state index contributed by atoms with van der Waals surface area (Å²) in [5.41, 5.74) is 5.10. The van der Waals surface area contributed by atoms with Gasteiger partial charge in [0.15, 0.2) is 0 Å². The van der Waals surface area contributed by atoms with Crippen molar-refractivity contribution in [2.24, 2.45) is 0 Å². The first-order valence-corrected chi connectivity index (χ1v) is 6.40. The van der Waals surface area contributed by atoms with Crippen LogP contribution in [0.3, 0.4) is 0 Å². The minimum atomic E-state index is 0.106. The summed E-state index contributed by atoms with van der Waals surface area (Å²) in [7, 11) is 0. The Bertz CT molecular complexity index is 632. The van der Waals surface area contributed by atoms with E-state index in [-0.39, 0.29) is 5.91 Å². The maximum absolute atomic E-state index is 11.5. The fourth-order valence-corrected chi connectivity index (χ4v) is 2.44. The first kappa shape index (κ1) is 11.9. The highest BCUT2D eigenvalue weighted by atomic mass is 16.2. The summed E-state index contributed by atoms with van der Waals surface area (Å²) < 4.78 is 0. The van der Waals surface area contributed by atoms with Crippen LogP contribution in [0.15, 0.2) is 18.3 Å². The molecule has 0 bridgehead atoms. The Labute approximate surface area is 111 Å².